The average Bonchev–Trinajstić information content (AvgIpc) is 2.36. The van der Waals surface area contributed by atoms with Gasteiger partial charge < -0.3 is 14.2 Å². The van der Waals surface area contributed by atoms with E-state index in [1.807, 2.05) is 0 Å². The summed E-state index contributed by atoms with van der Waals surface area (Å²) in [5, 5.41) is 0. The van der Waals surface area contributed by atoms with Gasteiger partial charge in [-0.2, -0.15) is 0 Å². The highest BCUT2D eigenvalue weighted by Gasteiger charge is 2.28. The van der Waals surface area contributed by atoms with Crippen molar-refractivity contribution in [3.05, 3.63) is 0 Å². The molecule has 0 N–H and O–H groups in total. The van der Waals surface area contributed by atoms with Gasteiger partial charge >= 0.3 is 0 Å². The molecule has 0 bridgehead atoms. The molecule has 0 aromatic carbocycles. The largest absolute Gasteiger partial charge is 0.379 e. The molecule has 0 aliphatic rings. The van der Waals surface area contributed by atoms with E-state index < -0.39 is 5.79 Å². The van der Waals surface area contributed by atoms with Crippen molar-refractivity contribution >= 4 is 0 Å². The molecule has 0 fully saturated rings. The third-order valence-corrected chi connectivity index (χ3v) is 3.27. The summed E-state index contributed by atoms with van der Waals surface area (Å²) in [6.45, 7) is 2.74. The van der Waals surface area contributed by atoms with Crippen LogP contribution in [0.4, 0.5) is 0 Å². The summed E-state index contributed by atoms with van der Waals surface area (Å²) in [5.41, 5.74) is 0. The van der Waals surface area contributed by atoms with E-state index in [9.17, 15) is 0 Å². The quantitative estimate of drug-likeness (QED) is 0.387. The van der Waals surface area contributed by atoms with Crippen LogP contribution in [0.2, 0.25) is 0 Å². The van der Waals surface area contributed by atoms with E-state index in [1.165, 1.54) is 38.5 Å². The van der Waals surface area contributed by atoms with Gasteiger partial charge in [0.2, 0.25) is 0 Å². The van der Waals surface area contributed by atoms with Crippen molar-refractivity contribution in [2.45, 2.75) is 64.1 Å². The maximum atomic E-state index is 5.43. The predicted octanol–water partition coefficient (Wildman–Crippen LogP) is 3.76. The van der Waals surface area contributed by atoms with Gasteiger partial charge in [-0.3, -0.25) is 0 Å². The van der Waals surface area contributed by atoms with E-state index in [0.29, 0.717) is 6.61 Å². The Morgan fingerprint density at radius 1 is 0.765 bits per heavy atom. The molecular formula is C14H30O3. The first-order valence-electron chi connectivity index (χ1n) is 6.84. The minimum Gasteiger partial charge on any atom is -0.379 e. The fourth-order valence-electron chi connectivity index (χ4n) is 2.05. The van der Waals surface area contributed by atoms with E-state index in [4.69, 9.17) is 14.2 Å². The van der Waals surface area contributed by atoms with Gasteiger partial charge in [-0.25, -0.2) is 0 Å². The predicted molar refractivity (Wildman–Crippen MR) is 71.2 cm³/mol. The second-order valence-corrected chi connectivity index (χ2v) is 4.62. The minimum atomic E-state index is -0.543. The second kappa shape index (κ2) is 11.0. The van der Waals surface area contributed by atoms with E-state index in [2.05, 4.69) is 6.92 Å². The zero-order valence-corrected chi connectivity index (χ0v) is 12.1. The van der Waals surface area contributed by atoms with Crippen LogP contribution in [0.15, 0.2) is 0 Å². The van der Waals surface area contributed by atoms with Crippen molar-refractivity contribution in [2.24, 2.45) is 0 Å². The fourth-order valence-corrected chi connectivity index (χ4v) is 2.05. The Morgan fingerprint density at radius 3 is 1.76 bits per heavy atom. The van der Waals surface area contributed by atoms with Gasteiger partial charge in [-0.1, -0.05) is 45.4 Å². The summed E-state index contributed by atoms with van der Waals surface area (Å²) in [6.07, 6.45) is 10.0. The fraction of sp³-hybridized carbons (Fsp3) is 1.00. The Balaban J connectivity index is 3.61. The Labute approximate surface area is 107 Å². The van der Waals surface area contributed by atoms with Crippen LogP contribution in [0, 0.1) is 0 Å². The molecule has 3 nitrogen and oxygen atoms in total. The summed E-state index contributed by atoms with van der Waals surface area (Å²) in [5.74, 6) is -0.543. The number of hydrogen-bond acceptors (Lipinski definition) is 3. The van der Waals surface area contributed by atoms with Gasteiger partial charge in [0, 0.05) is 27.8 Å². The minimum absolute atomic E-state index is 0.496. The molecule has 0 aliphatic heterocycles. The van der Waals surface area contributed by atoms with Crippen molar-refractivity contribution in [1.82, 2.24) is 0 Å². The molecule has 0 rings (SSSR count). The van der Waals surface area contributed by atoms with E-state index in [-0.39, 0.29) is 0 Å². The summed E-state index contributed by atoms with van der Waals surface area (Å²) in [6, 6.07) is 0. The maximum Gasteiger partial charge on any atom is 0.191 e. The molecule has 0 unspecified atom stereocenters. The highest BCUT2D eigenvalue weighted by atomic mass is 16.7. The summed E-state index contributed by atoms with van der Waals surface area (Å²) >= 11 is 0. The average molecular weight is 246 g/mol. The Bertz CT molecular complexity index is 156. The zero-order valence-electron chi connectivity index (χ0n) is 12.1. The first-order valence-corrected chi connectivity index (χ1v) is 6.84. The highest BCUT2D eigenvalue weighted by Crippen LogP contribution is 2.21. The van der Waals surface area contributed by atoms with Crippen molar-refractivity contribution in [3.63, 3.8) is 0 Å². The van der Waals surface area contributed by atoms with Gasteiger partial charge in [0.05, 0.1) is 0 Å². The Morgan fingerprint density at radius 2 is 1.29 bits per heavy atom. The van der Waals surface area contributed by atoms with Crippen LogP contribution >= 0.6 is 0 Å². The number of methoxy groups -OCH3 is 3. The molecule has 0 atom stereocenters. The zero-order chi connectivity index (χ0) is 13.0. The smallest absolute Gasteiger partial charge is 0.191 e. The molecular weight excluding hydrogens is 216 g/mol. The number of ether oxygens (including phenoxy) is 3. The van der Waals surface area contributed by atoms with Crippen LogP contribution in [-0.4, -0.2) is 33.7 Å². The lowest BCUT2D eigenvalue weighted by atomic mass is 10.0. The molecule has 0 saturated heterocycles. The molecule has 0 aromatic rings. The van der Waals surface area contributed by atoms with Crippen molar-refractivity contribution in [1.29, 1.82) is 0 Å². The summed E-state index contributed by atoms with van der Waals surface area (Å²) in [4.78, 5) is 0. The van der Waals surface area contributed by atoms with Crippen molar-refractivity contribution in [3.8, 4) is 0 Å². The molecule has 0 saturated carbocycles. The monoisotopic (exact) mass is 246 g/mol. The first-order chi connectivity index (χ1) is 8.24. The van der Waals surface area contributed by atoms with Crippen LogP contribution in [0.1, 0.15) is 58.3 Å². The summed E-state index contributed by atoms with van der Waals surface area (Å²) in [7, 11) is 5.05. The van der Waals surface area contributed by atoms with E-state index >= 15 is 0 Å². The lowest BCUT2D eigenvalue weighted by molar-refractivity contribution is -0.235. The Hall–Kier alpha value is -0.120. The lowest BCUT2D eigenvalue weighted by Gasteiger charge is -2.30. The van der Waals surface area contributed by atoms with Gasteiger partial charge in [-0.15, -0.1) is 0 Å². The normalized spacial score (nSPS) is 12.0. The molecule has 0 heterocycles. The molecule has 0 aliphatic carbocycles. The van der Waals surface area contributed by atoms with Crippen LogP contribution in [0.25, 0.3) is 0 Å². The second-order valence-electron chi connectivity index (χ2n) is 4.62. The van der Waals surface area contributed by atoms with Crippen molar-refractivity contribution in [2.75, 3.05) is 27.9 Å². The van der Waals surface area contributed by atoms with Crippen LogP contribution in [-0.2, 0) is 14.2 Å². The maximum absolute atomic E-state index is 5.43. The summed E-state index contributed by atoms with van der Waals surface area (Å²) < 4.78 is 16.0. The Kier molecular flexibility index (Phi) is 10.9. The van der Waals surface area contributed by atoms with Gasteiger partial charge in [0.15, 0.2) is 5.79 Å². The highest BCUT2D eigenvalue weighted by molar-refractivity contribution is 4.68. The number of hydrogen-bond donors (Lipinski definition) is 0. The van der Waals surface area contributed by atoms with Crippen LogP contribution < -0.4 is 0 Å². The third-order valence-electron chi connectivity index (χ3n) is 3.27. The third kappa shape index (κ3) is 7.74. The van der Waals surface area contributed by atoms with E-state index in [0.717, 1.165) is 12.8 Å². The first kappa shape index (κ1) is 16.9. The van der Waals surface area contributed by atoms with Crippen LogP contribution in [0.3, 0.4) is 0 Å². The molecule has 0 radical (unpaired) electrons. The molecule has 104 valence electrons. The number of rotatable bonds is 12. The molecule has 0 amide bonds. The topological polar surface area (TPSA) is 27.7 Å². The van der Waals surface area contributed by atoms with Crippen molar-refractivity contribution < 1.29 is 14.2 Å². The molecule has 17 heavy (non-hydrogen) atoms. The molecule has 0 aromatic heterocycles. The van der Waals surface area contributed by atoms with Crippen LogP contribution in [0.5, 0.6) is 0 Å². The molecule has 3 heteroatoms. The molecule has 0 spiro atoms. The lowest BCUT2D eigenvalue weighted by Crippen LogP contribution is -2.38. The van der Waals surface area contributed by atoms with Gasteiger partial charge in [0.25, 0.3) is 0 Å². The van der Waals surface area contributed by atoms with E-state index in [1.54, 1.807) is 21.3 Å². The van der Waals surface area contributed by atoms with Gasteiger partial charge in [0.1, 0.15) is 6.61 Å². The SMILES string of the molecule is CCCCCCCCCC(COC)(OC)OC. The number of unbranched alkanes of at least 4 members (excludes halogenated alkanes) is 6. The van der Waals surface area contributed by atoms with Gasteiger partial charge in [-0.05, 0) is 6.42 Å². The standard InChI is InChI=1S/C14H30O3/c1-5-6-7-8-9-10-11-12-14(16-3,17-4)13-15-2/h5-13H2,1-4H3.